The van der Waals surface area contributed by atoms with Crippen LogP contribution in [-0.2, 0) is 0 Å². The van der Waals surface area contributed by atoms with E-state index >= 15 is 0 Å². The van der Waals surface area contributed by atoms with E-state index in [9.17, 15) is 0 Å². The Morgan fingerprint density at radius 2 is 1.33 bits per heavy atom. The van der Waals surface area contributed by atoms with Crippen LogP contribution in [0.1, 0.15) is 0 Å². The topological polar surface area (TPSA) is 0 Å². The second-order valence-electron chi connectivity index (χ2n) is 1.29. The molecule has 6 heavy (non-hydrogen) atoms. The van der Waals surface area contributed by atoms with Crippen LogP contribution in [0.2, 0.25) is 10.2 Å². The number of hydrogen-bond donors (Lipinski definition) is 0. The van der Waals surface area contributed by atoms with Gasteiger partial charge in [0.1, 0.15) is 0 Å². The fourth-order valence-electron chi connectivity index (χ4n) is 0.333. The monoisotopic (exact) mass is 68.1 g/mol. The minimum absolute atomic E-state index is 1.17. The summed E-state index contributed by atoms with van der Waals surface area (Å²) >= 11 is 4.29. The molecule has 0 spiro atoms. The van der Waals surface area contributed by atoms with E-state index in [0.29, 0.717) is 0 Å². The molecule has 0 bridgehead atoms. The SMILES string of the molecule is [Li][CH2]C=C[CH2][Li]. The van der Waals surface area contributed by atoms with Crippen molar-refractivity contribution in [2.24, 2.45) is 0 Å². The van der Waals surface area contributed by atoms with Crippen molar-refractivity contribution in [1.29, 1.82) is 0 Å². The molecule has 0 N–H and O–H groups in total. The van der Waals surface area contributed by atoms with Gasteiger partial charge in [0, 0.05) is 0 Å². The van der Waals surface area contributed by atoms with Crippen molar-refractivity contribution in [3.8, 4) is 0 Å². The Morgan fingerprint density at radius 1 is 1.00 bits per heavy atom. The van der Waals surface area contributed by atoms with Crippen molar-refractivity contribution < 1.29 is 0 Å². The molecule has 0 saturated heterocycles. The van der Waals surface area contributed by atoms with Crippen molar-refractivity contribution in [2.45, 2.75) is 10.2 Å². The molecule has 0 aliphatic heterocycles. The van der Waals surface area contributed by atoms with Crippen molar-refractivity contribution in [1.82, 2.24) is 0 Å². The standard InChI is InChI=1S/C4H6.2Li/c1-3-4-2;;/h3-4H,1-2H2;;. The molecule has 0 fully saturated rings. The molecular formula is C4H6Li2. The van der Waals surface area contributed by atoms with Crippen LogP contribution in [0.25, 0.3) is 0 Å². The summed E-state index contributed by atoms with van der Waals surface area (Å²) in [7, 11) is 0. The van der Waals surface area contributed by atoms with Gasteiger partial charge in [0.05, 0.1) is 0 Å². The summed E-state index contributed by atoms with van der Waals surface area (Å²) in [5, 5.41) is 2.35. The van der Waals surface area contributed by atoms with Crippen LogP contribution in [0.15, 0.2) is 12.2 Å². The zero-order valence-electron chi connectivity index (χ0n) is 4.57. The maximum absolute atomic E-state index is 2.18. The van der Waals surface area contributed by atoms with Crippen LogP contribution in [0.4, 0.5) is 0 Å². The van der Waals surface area contributed by atoms with Crippen LogP contribution in [0, 0.1) is 0 Å². The van der Waals surface area contributed by atoms with Gasteiger partial charge in [0.15, 0.2) is 0 Å². The van der Waals surface area contributed by atoms with E-state index in [0.717, 1.165) is 0 Å². The van der Waals surface area contributed by atoms with Crippen LogP contribution in [-0.4, -0.2) is 35.4 Å². The molecule has 0 aliphatic carbocycles. The predicted octanol–water partition coefficient (Wildman–Crippen LogP) is 0.716. The van der Waals surface area contributed by atoms with E-state index in [1.54, 1.807) is 0 Å². The zero-order valence-corrected chi connectivity index (χ0v) is 4.57. The van der Waals surface area contributed by atoms with E-state index < -0.39 is 0 Å². The molecule has 0 rings (SSSR count). The van der Waals surface area contributed by atoms with E-state index in [-0.39, 0.29) is 0 Å². The first kappa shape index (κ1) is 6.93. The molecule has 2 heteroatoms. The Balaban J connectivity index is 2.73. The second kappa shape index (κ2) is 5.93. The molecule has 0 radical (unpaired) electrons. The average molecular weight is 68.0 g/mol. The number of hydrogen-bond acceptors (Lipinski definition) is 0. The quantitative estimate of drug-likeness (QED) is 0.330. The van der Waals surface area contributed by atoms with Crippen molar-refractivity contribution in [3.63, 3.8) is 0 Å². The molecule has 0 aliphatic rings. The van der Waals surface area contributed by atoms with Gasteiger partial charge < -0.3 is 0 Å². The zero-order chi connectivity index (χ0) is 4.83. The number of allylic oxidation sites excluding steroid dienone is 2. The van der Waals surface area contributed by atoms with Crippen LogP contribution in [0.5, 0.6) is 0 Å². The summed E-state index contributed by atoms with van der Waals surface area (Å²) in [5.74, 6) is 0. The Labute approximate surface area is 57.8 Å². The van der Waals surface area contributed by atoms with Gasteiger partial charge in [-0.05, 0) is 0 Å². The Kier molecular flexibility index (Phi) is 6.86. The van der Waals surface area contributed by atoms with Crippen LogP contribution < -0.4 is 0 Å². The predicted molar refractivity (Wildman–Crippen MR) is 30.3 cm³/mol. The van der Waals surface area contributed by atoms with E-state index in [1.807, 2.05) is 0 Å². The van der Waals surface area contributed by atoms with Crippen LogP contribution in [0.3, 0.4) is 0 Å². The Morgan fingerprint density at radius 3 is 1.50 bits per heavy atom. The first-order valence-electron chi connectivity index (χ1n) is 2.56. The minimum atomic E-state index is 1.17. The van der Waals surface area contributed by atoms with Gasteiger partial charge in [-0.1, -0.05) is 0 Å². The molecule has 0 unspecified atom stereocenters. The molecular weight excluding hydrogens is 61.9 g/mol. The fourth-order valence-corrected chi connectivity index (χ4v) is 0.333. The van der Waals surface area contributed by atoms with Gasteiger partial charge in [-0.2, -0.15) is 0 Å². The first-order chi connectivity index (χ1) is 2.91. The first-order valence-corrected chi connectivity index (χ1v) is 2.56. The molecule has 0 saturated carbocycles. The summed E-state index contributed by atoms with van der Waals surface area (Å²) in [4.78, 5) is 0. The normalized spacial score (nSPS) is 10.7. The Hall–Kier alpha value is 0.935. The summed E-state index contributed by atoms with van der Waals surface area (Å²) in [6, 6.07) is 0. The Bertz CT molecular complexity index is 34.8. The third-order valence-corrected chi connectivity index (χ3v) is 0.638. The molecule has 0 nitrogen and oxygen atoms in total. The number of rotatable bonds is 2. The van der Waals surface area contributed by atoms with Gasteiger partial charge in [0.2, 0.25) is 0 Å². The molecule has 0 aromatic heterocycles. The fraction of sp³-hybridized carbons (Fsp3) is 0.500. The molecule has 24 valence electrons. The summed E-state index contributed by atoms with van der Waals surface area (Å²) in [6.07, 6.45) is 4.36. The van der Waals surface area contributed by atoms with Gasteiger partial charge in [0.25, 0.3) is 0 Å². The van der Waals surface area contributed by atoms with E-state index in [2.05, 4.69) is 47.6 Å². The average Bonchev–Trinajstić information content (AvgIpc) is 1.61. The van der Waals surface area contributed by atoms with Gasteiger partial charge in [-0.25, -0.2) is 0 Å². The summed E-state index contributed by atoms with van der Waals surface area (Å²) in [5.41, 5.74) is 0. The van der Waals surface area contributed by atoms with Gasteiger partial charge >= 0.3 is 57.8 Å². The molecule has 0 atom stereocenters. The van der Waals surface area contributed by atoms with Gasteiger partial charge in [-0.15, -0.1) is 0 Å². The third-order valence-electron chi connectivity index (χ3n) is 0.638. The second-order valence-corrected chi connectivity index (χ2v) is 1.29. The molecule has 0 aromatic rings. The maximum atomic E-state index is 2.18. The van der Waals surface area contributed by atoms with Crippen molar-refractivity contribution in [2.75, 3.05) is 0 Å². The summed E-state index contributed by atoms with van der Waals surface area (Å²) in [6.45, 7) is 0. The van der Waals surface area contributed by atoms with Crippen molar-refractivity contribution in [3.05, 3.63) is 12.2 Å². The van der Waals surface area contributed by atoms with E-state index in [1.165, 1.54) is 10.2 Å². The van der Waals surface area contributed by atoms with Crippen molar-refractivity contribution >= 4 is 35.4 Å². The molecule has 0 heterocycles. The van der Waals surface area contributed by atoms with Crippen LogP contribution >= 0.6 is 0 Å². The molecule has 0 amide bonds. The third kappa shape index (κ3) is 4.93. The van der Waals surface area contributed by atoms with Gasteiger partial charge in [-0.3, -0.25) is 0 Å². The molecule has 0 aromatic carbocycles. The summed E-state index contributed by atoms with van der Waals surface area (Å²) < 4.78 is 0. The van der Waals surface area contributed by atoms with E-state index in [4.69, 9.17) is 0 Å².